The number of aromatic nitrogens is 1. The fourth-order valence-electron chi connectivity index (χ4n) is 1.08. The molecule has 1 rings (SSSR count). The van der Waals surface area contributed by atoms with Crippen molar-refractivity contribution in [2.24, 2.45) is 0 Å². The first-order chi connectivity index (χ1) is 5.99. The van der Waals surface area contributed by atoms with Crippen LogP contribution in [0.4, 0.5) is 0 Å². The highest BCUT2D eigenvalue weighted by Gasteiger charge is 2.19. The Hall–Kier alpha value is -1.05. The van der Waals surface area contributed by atoms with Gasteiger partial charge in [0.2, 0.25) is 5.89 Å². The predicted molar refractivity (Wildman–Crippen MR) is 54.7 cm³/mol. The Morgan fingerprint density at radius 2 is 1.77 bits per heavy atom. The second kappa shape index (κ2) is 3.36. The lowest BCUT2D eigenvalue weighted by atomic mass is 9.97. The highest BCUT2D eigenvalue weighted by Crippen LogP contribution is 2.16. The van der Waals surface area contributed by atoms with Gasteiger partial charge in [0.25, 0.3) is 0 Å². The Morgan fingerprint density at radius 3 is 2.08 bits per heavy atom. The number of oxazole rings is 1. The Labute approximate surface area is 79.0 Å². The summed E-state index contributed by atoms with van der Waals surface area (Å²) in [5, 5.41) is 0.937. The van der Waals surface area contributed by atoms with Crippen LogP contribution in [0, 0.1) is 0 Å². The van der Waals surface area contributed by atoms with Gasteiger partial charge in [0, 0.05) is 5.41 Å². The molecule has 0 saturated heterocycles. The van der Waals surface area contributed by atoms with Gasteiger partial charge in [-0.15, -0.1) is 0 Å². The van der Waals surface area contributed by atoms with E-state index in [0.717, 1.165) is 16.7 Å². The van der Waals surface area contributed by atoms with Gasteiger partial charge in [0.15, 0.2) is 0 Å². The summed E-state index contributed by atoms with van der Waals surface area (Å²) >= 11 is 0. The van der Waals surface area contributed by atoms with E-state index in [0.29, 0.717) is 0 Å². The van der Waals surface area contributed by atoms with Gasteiger partial charge in [-0.25, -0.2) is 4.98 Å². The molecule has 0 aliphatic rings. The maximum absolute atomic E-state index is 5.62. The molecular formula is C11H17NO. The second-order valence-corrected chi connectivity index (χ2v) is 4.10. The van der Waals surface area contributed by atoms with E-state index in [1.54, 1.807) is 0 Å². The zero-order chi connectivity index (χ0) is 10.1. The molecule has 0 aliphatic heterocycles. The van der Waals surface area contributed by atoms with Crippen LogP contribution in [0.15, 0.2) is 4.42 Å². The molecule has 0 bridgehead atoms. The summed E-state index contributed by atoms with van der Waals surface area (Å²) in [6, 6.07) is 0. The summed E-state index contributed by atoms with van der Waals surface area (Å²) in [7, 11) is 0. The molecule has 0 radical (unpaired) electrons. The molecule has 1 aromatic heterocycles. The molecule has 1 aromatic rings. The third-order valence-electron chi connectivity index (χ3n) is 1.86. The molecule has 0 saturated carbocycles. The molecule has 0 unspecified atom stereocenters. The van der Waals surface area contributed by atoms with Gasteiger partial charge in [0.05, 0.1) is 0 Å². The van der Waals surface area contributed by atoms with E-state index in [1.165, 1.54) is 0 Å². The van der Waals surface area contributed by atoms with Crippen molar-refractivity contribution in [1.29, 1.82) is 0 Å². The molecular weight excluding hydrogens is 162 g/mol. The minimum Gasteiger partial charge on any atom is -0.440 e. The van der Waals surface area contributed by atoms with Crippen LogP contribution in [0.5, 0.6) is 0 Å². The highest BCUT2D eigenvalue weighted by atomic mass is 16.3. The Bertz CT molecular complexity index is 361. The van der Waals surface area contributed by atoms with E-state index in [9.17, 15) is 0 Å². The molecule has 2 nitrogen and oxygen atoms in total. The van der Waals surface area contributed by atoms with Crippen molar-refractivity contribution in [2.45, 2.75) is 40.0 Å². The average Bonchev–Trinajstić information content (AvgIpc) is 2.45. The van der Waals surface area contributed by atoms with Crippen LogP contribution < -0.4 is 10.8 Å². The van der Waals surface area contributed by atoms with Gasteiger partial charge in [-0.2, -0.15) is 0 Å². The summed E-state index contributed by atoms with van der Waals surface area (Å²) in [5.41, 5.74) is 0.853. The van der Waals surface area contributed by atoms with Crippen molar-refractivity contribution in [3.05, 3.63) is 16.7 Å². The molecule has 1 heterocycles. The van der Waals surface area contributed by atoms with Gasteiger partial charge in [0.1, 0.15) is 10.8 Å². The molecule has 0 aliphatic carbocycles. The first kappa shape index (κ1) is 10.0. The van der Waals surface area contributed by atoms with Crippen LogP contribution in [-0.2, 0) is 5.41 Å². The van der Waals surface area contributed by atoms with Gasteiger partial charge in [-0.05, 0) is 19.9 Å². The molecule has 0 fully saturated rings. The van der Waals surface area contributed by atoms with Crippen LogP contribution in [0.2, 0.25) is 0 Å². The largest absolute Gasteiger partial charge is 0.440 e. The van der Waals surface area contributed by atoms with E-state index in [-0.39, 0.29) is 5.41 Å². The van der Waals surface area contributed by atoms with Gasteiger partial charge in [-0.3, -0.25) is 0 Å². The SMILES string of the molecule is C/C=c1/nc(C(C)(C)C)o/c1=C/C. The van der Waals surface area contributed by atoms with Gasteiger partial charge < -0.3 is 4.42 Å². The molecule has 0 N–H and O–H groups in total. The first-order valence-corrected chi connectivity index (χ1v) is 4.59. The lowest BCUT2D eigenvalue weighted by Gasteiger charge is -2.11. The second-order valence-electron chi connectivity index (χ2n) is 4.10. The number of hydrogen-bond donors (Lipinski definition) is 0. The summed E-state index contributed by atoms with van der Waals surface area (Å²) in [4.78, 5) is 4.42. The fourth-order valence-corrected chi connectivity index (χ4v) is 1.08. The number of nitrogens with zero attached hydrogens (tertiary/aromatic N) is 1. The fraction of sp³-hybridized carbons (Fsp3) is 0.545. The third kappa shape index (κ3) is 2.00. The van der Waals surface area contributed by atoms with Crippen molar-refractivity contribution in [3.8, 4) is 0 Å². The standard InChI is InChI=1S/C11H17NO/c1-6-8-9(7-2)13-10(12-8)11(3,4)5/h6-7H,1-5H3/b8-6+,9-7+. The smallest absolute Gasteiger partial charge is 0.200 e. The Morgan fingerprint density at radius 1 is 1.15 bits per heavy atom. The van der Waals surface area contributed by atoms with Crippen molar-refractivity contribution in [3.63, 3.8) is 0 Å². The first-order valence-electron chi connectivity index (χ1n) is 4.59. The lowest BCUT2D eigenvalue weighted by molar-refractivity contribution is 0.378. The zero-order valence-electron chi connectivity index (χ0n) is 9.01. The lowest BCUT2D eigenvalue weighted by Crippen LogP contribution is -2.21. The van der Waals surface area contributed by atoms with Crippen molar-refractivity contribution >= 4 is 12.2 Å². The van der Waals surface area contributed by atoms with E-state index in [4.69, 9.17) is 4.42 Å². The normalized spacial score (nSPS) is 15.5. The molecule has 13 heavy (non-hydrogen) atoms. The quantitative estimate of drug-likeness (QED) is 0.604. The topological polar surface area (TPSA) is 26.0 Å². The number of rotatable bonds is 0. The molecule has 72 valence electrons. The monoisotopic (exact) mass is 179 g/mol. The van der Waals surface area contributed by atoms with Gasteiger partial charge >= 0.3 is 0 Å². The molecule has 0 spiro atoms. The van der Waals surface area contributed by atoms with E-state index >= 15 is 0 Å². The van der Waals surface area contributed by atoms with E-state index in [1.807, 2.05) is 26.0 Å². The van der Waals surface area contributed by atoms with E-state index in [2.05, 4.69) is 25.8 Å². The summed E-state index contributed by atoms with van der Waals surface area (Å²) in [6.45, 7) is 10.2. The van der Waals surface area contributed by atoms with Gasteiger partial charge in [-0.1, -0.05) is 26.8 Å². The Balaban J connectivity index is 3.41. The Kier molecular flexibility index (Phi) is 2.60. The predicted octanol–water partition coefficient (Wildman–Crippen LogP) is 1.57. The summed E-state index contributed by atoms with van der Waals surface area (Å²) in [5.74, 6) is 0.800. The highest BCUT2D eigenvalue weighted by molar-refractivity contribution is 5.21. The summed E-state index contributed by atoms with van der Waals surface area (Å²) < 4.78 is 5.62. The van der Waals surface area contributed by atoms with Crippen molar-refractivity contribution < 1.29 is 4.42 Å². The maximum Gasteiger partial charge on any atom is 0.200 e. The average molecular weight is 179 g/mol. The maximum atomic E-state index is 5.62. The summed E-state index contributed by atoms with van der Waals surface area (Å²) in [6.07, 6.45) is 3.91. The van der Waals surface area contributed by atoms with Crippen molar-refractivity contribution in [1.82, 2.24) is 4.98 Å². The van der Waals surface area contributed by atoms with Crippen LogP contribution in [0.3, 0.4) is 0 Å². The minimum absolute atomic E-state index is 0.0149. The number of hydrogen-bond acceptors (Lipinski definition) is 2. The van der Waals surface area contributed by atoms with Crippen LogP contribution in [0.1, 0.15) is 40.5 Å². The minimum atomic E-state index is -0.0149. The van der Waals surface area contributed by atoms with Crippen LogP contribution in [-0.4, -0.2) is 4.98 Å². The van der Waals surface area contributed by atoms with E-state index < -0.39 is 0 Å². The molecule has 2 heteroatoms. The zero-order valence-corrected chi connectivity index (χ0v) is 9.01. The van der Waals surface area contributed by atoms with Crippen LogP contribution >= 0.6 is 0 Å². The molecule has 0 amide bonds. The van der Waals surface area contributed by atoms with Crippen LogP contribution in [0.25, 0.3) is 12.2 Å². The van der Waals surface area contributed by atoms with Crippen molar-refractivity contribution in [2.75, 3.05) is 0 Å². The third-order valence-corrected chi connectivity index (χ3v) is 1.86. The molecule has 0 atom stereocenters. The molecule has 0 aromatic carbocycles.